The van der Waals surface area contributed by atoms with Gasteiger partial charge in [0.2, 0.25) is 0 Å². The van der Waals surface area contributed by atoms with Crippen molar-refractivity contribution < 1.29 is 29.3 Å². The molecule has 0 amide bonds. The summed E-state index contributed by atoms with van der Waals surface area (Å²) in [6.07, 6.45) is 0. The van der Waals surface area contributed by atoms with Crippen molar-refractivity contribution in [1.29, 1.82) is 0 Å². The highest BCUT2D eigenvalue weighted by atomic mass is 16.5. The van der Waals surface area contributed by atoms with Gasteiger partial charge in [-0.2, -0.15) is 0 Å². The minimum Gasteiger partial charge on any atom is -0.478 e. The number of hydrogen-bond acceptors (Lipinski definition) is 6. The minimum absolute atomic E-state index is 0.0140. The standard InChI is InChI=1S/C26H20N2O6/c27-17-5-11-21(25(29)30)23(13-17)33-19-7-1-15(2-8-19)16-3-9-20(10-4-16)34-24-14-18(28)6-12-22(24)26(31)32/h1-14H,27-28H2,(H,29,30)(H,31,32). The van der Waals surface area contributed by atoms with Crippen molar-refractivity contribution in [1.82, 2.24) is 0 Å². The van der Waals surface area contributed by atoms with E-state index in [1.807, 2.05) is 24.3 Å². The second kappa shape index (κ2) is 9.25. The molecule has 0 fully saturated rings. The van der Waals surface area contributed by atoms with E-state index in [1.54, 1.807) is 24.3 Å². The molecule has 8 nitrogen and oxygen atoms in total. The van der Waals surface area contributed by atoms with Gasteiger partial charge in [-0.25, -0.2) is 9.59 Å². The number of aromatic carboxylic acids is 2. The van der Waals surface area contributed by atoms with E-state index >= 15 is 0 Å². The molecule has 0 unspecified atom stereocenters. The van der Waals surface area contributed by atoms with Crippen LogP contribution in [-0.4, -0.2) is 22.2 Å². The van der Waals surface area contributed by atoms with Crippen LogP contribution < -0.4 is 20.9 Å². The van der Waals surface area contributed by atoms with E-state index in [4.69, 9.17) is 20.9 Å². The van der Waals surface area contributed by atoms with Gasteiger partial charge < -0.3 is 31.2 Å². The number of carbonyl (C=O) groups is 2. The third-order valence-corrected chi connectivity index (χ3v) is 4.97. The van der Waals surface area contributed by atoms with Crippen LogP contribution in [0.1, 0.15) is 20.7 Å². The Morgan fingerprint density at radius 3 is 1.24 bits per heavy atom. The van der Waals surface area contributed by atoms with Crippen molar-refractivity contribution in [3.8, 4) is 34.1 Å². The van der Waals surface area contributed by atoms with Gasteiger partial charge in [0.1, 0.15) is 34.1 Å². The fourth-order valence-electron chi connectivity index (χ4n) is 3.28. The molecule has 4 aromatic rings. The fraction of sp³-hybridized carbons (Fsp3) is 0. The van der Waals surface area contributed by atoms with Crippen LogP contribution in [0.2, 0.25) is 0 Å². The van der Waals surface area contributed by atoms with Crippen LogP contribution in [-0.2, 0) is 0 Å². The summed E-state index contributed by atoms with van der Waals surface area (Å²) in [5.74, 6) is -0.988. The maximum absolute atomic E-state index is 11.4. The lowest BCUT2D eigenvalue weighted by molar-refractivity contribution is 0.0683. The van der Waals surface area contributed by atoms with Gasteiger partial charge in [-0.15, -0.1) is 0 Å². The molecule has 6 N–H and O–H groups in total. The first kappa shape index (κ1) is 22.2. The first-order valence-electron chi connectivity index (χ1n) is 10.1. The maximum Gasteiger partial charge on any atom is 0.339 e. The van der Waals surface area contributed by atoms with Crippen LogP contribution >= 0.6 is 0 Å². The molecule has 0 atom stereocenters. The SMILES string of the molecule is Nc1ccc(C(=O)O)c(Oc2ccc(-c3ccc(Oc4cc(N)ccc4C(=O)O)cc3)cc2)c1. The summed E-state index contributed by atoms with van der Waals surface area (Å²) < 4.78 is 11.5. The molecule has 0 aliphatic heterocycles. The van der Waals surface area contributed by atoms with Crippen molar-refractivity contribution in [2.75, 3.05) is 11.5 Å². The zero-order chi connectivity index (χ0) is 24.2. The summed E-state index contributed by atoms with van der Waals surface area (Å²) in [6, 6.07) is 22.9. The van der Waals surface area contributed by atoms with Gasteiger partial charge in [-0.3, -0.25) is 0 Å². The normalized spacial score (nSPS) is 10.5. The zero-order valence-corrected chi connectivity index (χ0v) is 17.8. The Morgan fingerprint density at radius 2 is 0.912 bits per heavy atom. The van der Waals surface area contributed by atoms with E-state index < -0.39 is 11.9 Å². The Hall–Kier alpha value is -4.98. The number of benzene rings is 4. The van der Waals surface area contributed by atoms with Crippen LogP contribution in [0.5, 0.6) is 23.0 Å². The summed E-state index contributed by atoms with van der Waals surface area (Å²) >= 11 is 0. The third-order valence-electron chi connectivity index (χ3n) is 4.97. The van der Waals surface area contributed by atoms with Crippen molar-refractivity contribution in [2.45, 2.75) is 0 Å². The van der Waals surface area contributed by atoms with Crippen LogP contribution in [0, 0.1) is 0 Å². The highest BCUT2D eigenvalue weighted by molar-refractivity contribution is 5.92. The fourth-order valence-corrected chi connectivity index (χ4v) is 3.28. The number of carboxylic acids is 2. The largest absolute Gasteiger partial charge is 0.478 e. The molecule has 8 heteroatoms. The van der Waals surface area contributed by atoms with Gasteiger partial charge in [0, 0.05) is 23.5 Å². The van der Waals surface area contributed by atoms with Crippen LogP contribution in [0.25, 0.3) is 11.1 Å². The van der Waals surface area contributed by atoms with E-state index in [1.165, 1.54) is 36.4 Å². The molecule has 34 heavy (non-hydrogen) atoms. The van der Waals surface area contributed by atoms with Crippen LogP contribution in [0.15, 0.2) is 84.9 Å². The predicted octanol–water partition coefficient (Wildman–Crippen LogP) is 5.50. The molecule has 0 saturated carbocycles. The molecule has 0 aromatic heterocycles. The second-order valence-electron chi connectivity index (χ2n) is 7.37. The monoisotopic (exact) mass is 456 g/mol. The van der Waals surface area contributed by atoms with E-state index in [9.17, 15) is 19.8 Å². The number of rotatable bonds is 7. The predicted molar refractivity (Wildman–Crippen MR) is 128 cm³/mol. The highest BCUT2D eigenvalue weighted by Crippen LogP contribution is 2.32. The van der Waals surface area contributed by atoms with Crippen molar-refractivity contribution >= 4 is 23.3 Å². The Morgan fingerprint density at radius 1 is 0.559 bits per heavy atom. The molecule has 4 rings (SSSR count). The molecule has 0 radical (unpaired) electrons. The highest BCUT2D eigenvalue weighted by Gasteiger charge is 2.14. The average molecular weight is 456 g/mol. The number of nitrogen functional groups attached to an aromatic ring is 2. The molecule has 0 aliphatic rings. The smallest absolute Gasteiger partial charge is 0.339 e. The van der Waals surface area contributed by atoms with Gasteiger partial charge >= 0.3 is 11.9 Å². The molecular formula is C26H20N2O6. The summed E-state index contributed by atoms with van der Waals surface area (Å²) in [4.78, 5) is 22.8. The quantitative estimate of drug-likeness (QED) is 0.267. The first-order valence-corrected chi connectivity index (χ1v) is 10.1. The first-order chi connectivity index (χ1) is 16.3. The number of hydrogen-bond donors (Lipinski definition) is 4. The molecule has 0 bridgehead atoms. The summed E-state index contributed by atoms with van der Waals surface area (Å²) in [7, 11) is 0. The Bertz CT molecular complexity index is 1260. The van der Waals surface area contributed by atoms with Gasteiger partial charge in [-0.05, 0) is 59.7 Å². The van der Waals surface area contributed by atoms with Gasteiger partial charge in [0.05, 0.1) is 0 Å². The lowest BCUT2D eigenvalue weighted by Crippen LogP contribution is -2.01. The Labute approximate surface area is 194 Å². The Balaban J connectivity index is 1.51. The van der Waals surface area contributed by atoms with Gasteiger partial charge in [-0.1, -0.05) is 24.3 Å². The molecular weight excluding hydrogens is 436 g/mol. The van der Waals surface area contributed by atoms with Crippen LogP contribution in [0.3, 0.4) is 0 Å². The molecule has 170 valence electrons. The van der Waals surface area contributed by atoms with Gasteiger partial charge in [0.25, 0.3) is 0 Å². The third kappa shape index (κ3) is 4.91. The maximum atomic E-state index is 11.4. The van der Waals surface area contributed by atoms with Crippen molar-refractivity contribution in [3.05, 3.63) is 96.1 Å². The topological polar surface area (TPSA) is 145 Å². The Kier molecular flexibility index (Phi) is 6.05. The zero-order valence-electron chi connectivity index (χ0n) is 17.8. The molecule has 0 heterocycles. The molecule has 0 aliphatic carbocycles. The van der Waals surface area contributed by atoms with E-state index in [0.29, 0.717) is 22.9 Å². The van der Waals surface area contributed by atoms with E-state index in [-0.39, 0.29) is 22.6 Å². The number of carboxylic acid groups (broad SMARTS) is 2. The summed E-state index contributed by atoms with van der Waals surface area (Å²) in [6.45, 7) is 0. The van der Waals surface area contributed by atoms with Crippen molar-refractivity contribution in [3.63, 3.8) is 0 Å². The number of ether oxygens (including phenoxy) is 2. The minimum atomic E-state index is -1.11. The summed E-state index contributed by atoms with van der Waals surface area (Å²) in [5, 5.41) is 18.7. The van der Waals surface area contributed by atoms with Crippen molar-refractivity contribution in [2.24, 2.45) is 0 Å². The number of anilines is 2. The second-order valence-corrected chi connectivity index (χ2v) is 7.37. The van der Waals surface area contributed by atoms with E-state index in [0.717, 1.165) is 11.1 Å². The number of nitrogens with two attached hydrogens (primary N) is 2. The molecule has 0 spiro atoms. The lowest BCUT2D eigenvalue weighted by Gasteiger charge is -2.11. The van der Waals surface area contributed by atoms with E-state index in [2.05, 4.69) is 0 Å². The lowest BCUT2D eigenvalue weighted by atomic mass is 10.1. The summed E-state index contributed by atoms with van der Waals surface area (Å²) in [5.41, 5.74) is 14.1. The van der Waals surface area contributed by atoms with Gasteiger partial charge in [0.15, 0.2) is 0 Å². The molecule has 4 aromatic carbocycles. The average Bonchev–Trinajstić information content (AvgIpc) is 2.80. The molecule has 0 saturated heterocycles. The van der Waals surface area contributed by atoms with Crippen LogP contribution in [0.4, 0.5) is 11.4 Å².